The molecule has 2 heterocycles. The molecule has 94 valence electrons. The van der Waals surface area contributed by atoms with E-state index in [1.54, 1.807) is 12.1 Å². The van der Waals surface area contributed by atoms with E-state index in [1.165, 1.54) is 6.42 Å². The van der Waals surface area contributed by atoms with Gasteiger partial charge in [0.1, 0.15) is 11.6 Å². The van der Waals surface area contributed by atoms with Crippen LogP contribution in [-0.2, 0) is 19.4 Å². The zero-order valence-corrected chi connectivity index (χ0v) is 10.5. The van der Waals surface area contributed by atoms with Crippen molar-refractivity contribution in [2.45, 2.75) is 32.7 Å². The summed E-state index contributed by atoms with van der Waals surface area (Å²) < 4.78 is 2.04. The van der Waals surface area contributed by atoms with E-state index in [9.17, 15) is 5.11 Å². The summed E-state index contributed by atoms with van der Waals surface area (Å²) in [5.74, 6) is 3.00. The van der Waals surface area contributed by atoms with Gasteiger partial charge in [-0.05, 0) is 30.0 Å². The molecule has 0 radical (unpaired) electrons. The van der Waals surface area contributed by atoms with Crippen molar-refractivity contribution in [1.82, 2.24) is 14.8 Å². The van der Waals surface area contributed by atoms with Gasteiger partial charge < -0.3 is 5.11 Å². The maximum Gasteiger partial charge on any atom is 0.155 e. The van der Waals surface area contributed by atoms with Crippen molar-refractivity contribution in [3.63, 3.8) is 0 Å². The van der Waals surface area contributed by atoms with E-state index in [-0.39, 0.29) is 0 Å². The minimum atomic E-state index is 0.296. The summed E-state index contributed by atoms with van der Waals surface area (Å²) in [7, 11) is 0. The predicted octanol–water partition coefficient (Wildman–Crippen LogP) is 2.16. The van der Waals surface area contributed by atoms with E-state index in [4.69, 9.17) is 0 Å². The number of phenolic OH excluding ortho intramolecular Hbond substituents is 1. The Morgan fingerprint density at radius 3 is 2.89 bits per heavy atom. The third kappa shape index (κ3) is 2.23. The molecule has 0 bridgehead atoms. The van der Waals surface area contributed by atoms with Crippen LogP contribution in [0.4, 0.5) is 0 Å². The molecule has 3 rings (SSSR count). The van der Waals surface area contributed by atoms with Gasteiger partial charge in [0.25, 0.3) is 0 Å². The number of hydrogen-bond donors (Lipinski definition) is 1. The number of benzene rings is 1. The van der Waals surface area contributed by atoms with E-state index in [2.05, 4.69) is 17.0 Å². The minimum absolute atomic E-state index is 0.296. The third-order valence-corrected chi connectivity index (χ3v) is 3.46. The Morgan fingerprint density at radius 2 is 2.11 bits per heavy atom. The summed E-state index contributed by atoms with van der Waals surface area (Å²) in [5, 5.41) is 13.8. The Balaban J connectivity index is 1.79. The second kappa shape index (κ2) is 4.44. The normalized spacial score (nSPS) is 18.6. The van der Waals surface area contributed by atoms with Crippen LogP contribution in [0, 0.1) is 5.92 Å². The van der Waals surface area contributed by atoms with Crippen molar-refractivity contribution in [3.8, 4) is 5.75 Å². The Morgan fingerprint density at radius 1 is 1.33 bits per heavy atom. The Hall–Kier alpha value is -1.84. The number of fused-ring (bicyclic) bond motifs is 1. The summed E-state index contributed by atoms with van der Waals surface area (Å²) in [5.41, 5.74) is 1.13. The highest BCUT2D eigenvalue weighted by Crippen LogP contribution is 2.19. The SMILES string of the molecule is CC1CCn2nc(Cc3ccc(O)cc3)nc2C1. The van der Waals surface area contributed by atoms with Gasteiger partial charge in [-0.15, -0.1) is 0 Å². The van der Waals surface area contributed by atoms with Gasteiger partial charge in [0.2, 0.25) is 0 Å². The first kappa shape index (κ1) is 11.3. The van der Waals surface area contributed by atoms with Crippen molar-refractivity contribution in [3.05, 3.63) is 41.5 Å². The first-order valence-corrected chi connectivity index (χ1v) is 6.41. The monoisotopic (exact) mass is 243 g/mol. The van der Waals surface area contributed by atoms with Crippen LogP contribution in [0.5, 0.6) is 5.75 Å². The van der Waals surface area contributed by atoms with Gasteiger partial charge in [0, 0.05) is 19.4 Å². The number of nitrogens with zero attached hydrogens (tertiary/aromatic N) is 3. The fourth-order valence-corrected chi connectivity index (χ4v) is 2.38. The first-order chi connectivity index (χ1) is 8.70. The quantitative estimate of drug-likeness (QED) is 0.879. The molecule has 0 fully saturated rings. The topological polar surface area (TPSA) is 50.9 Å². The minimum Gasteiger partial charge on any atom is -0.508 e. The van der Waals surface area contributed by atoms with Gasteiger partial charge >= 0.3 is 0 Å². The summed E-state index contributed by atoms with van der Waals surface area (Å²) >= 11 is 0. The molecule has 1 N–H and O–H groups in total. The van der Waals surface area contributed by atoms with Crippen LogP contribution in [0.3, 0.4) is 0 Å². The second-order valence-corrected chi connectivity index (χ2v) is 5.11. The average molecular weight is 243 g/mol. The molecule has 1 atom stereocenters. The number of aryl methyl sites for hydroxylation is 1. The van der Waals surface area contributed by atoms with Crippen LogP contribution in [0.1, 0.15) is 30.6 Å². The van der Waals surface area contributed by atoms with Crippen LogP contribution < -0.4 is 0 Å². The highest BCUT2D eigenvalue weighted by atomic mass is 16.3. The molecule has 2 aromatic rings. The Kier molecular flexibility index (Phi) is 2.78. The van der Waals surface area contributed by atoms with E-state index in [0.29, 0.717) is 11.7 Å². The number of aromatic nitrogens is 3. The van der Waals surface area contributed by atoms with Crippen LogP contribution >= 0.6 is 0 Å². The fourth-order valence-electron chi connectivity index (χ4n) is 2.38. The van der Waals surface area contributed by atoms with Crippen molar-refractivity contribution < 1.29 is 5.11 Å². The summed E-state index contributed by atoms with van der Waals surface area (Å²) in [6, 6.07) is 7.23. The lowest BCUT2D eigenvalue weighted by Crippen LogP contribution is -2.18. The molecule has 1 aliphatic heterocycles. The van der Waals surface area contributed by atoms with Gasteiger partial charge in [-0.2, -0.15) is 5.10 Å². The lowest BCUT2D eigenvalue weighted by molar-refractivity contribution is 0.385. The maximum absolute atomic E-state index is 9.25. The molecule has 0 saturated carbocycles. The molecular formula is C14H17N3O. The Labute approximate surface area is 106 Å². The lowest BCUT2D eigenvalue weighted by atomic mass is 10.0. The van der Waals surface area contributed by atoms with E-state index in [1.807, 2.05) is 16.8 Å². The standard InChI is InChI=1S/C14H17N3O/c1-10-6-7-17-14(8-10)15-13(16-17)9-11-2-4-12(18)5-3-11/h2-5,10,18H,6-9H2,1H3. The molecule has 1 aromatic carbocycles. The molecule has 0 saturated heterocycles. The number of rotatable bonds is 2. The second-order valence-electron chi connectivity index (χ2n) is 5.11. The molecule has 1 aromatic heterocycles. The largest absolute Gasteiger partial charge is 0.508 e. The van der Waals surface area contributed by atoms with Gasteiger partial charge in [0.05, 0.1) is 0 Å². The maximum atomic E-state index is 9.25. The molecule has 18 heavy (non-hydrogen) atoms. The van der Waals surface area contributed by atoms with Gasteiger partial charge in [-0.3, -0.25) is 0 Å². The Bertz CT molecular complexity index is 545. The molecule has 4 heteroatoms. The number of phenols is 1. The molecular weight excluding hydrogens is 226 g/mol. The van der Waals surface area contributed by atoms with Crippen molar-refractivity contribution in [2.75, 3.05) is 0 Å². The highest BCUT2D eigenvalue weighted by Gasteiger charge is 2.18. The van der Waals surface area contributed by atoms with Crippen molar-refractivity contribution >= 4 is 0 Å². The number of hydrogen-bond acceptors (Lipinski definition) is 3. The van der Waals surface area contributed by atoms with Crippen molar-refractivity contribution in [1.29, 1.82) is 0 Å². The first-order valence-electron chi connectivity index (χ1n) is 6.41. The zero-order chi connectivity index (χ0) is 12.5. The summed E-state index contributed by atoms with van der Waals surface area (Å²) in [4.78, 5) is 4.61. The summed E-state index contributed by atoms with van der Waals surface area (Å²) in [6.45, 7) is 3.25. The molecule has 0 amide bonds. The van der Waals surface area contributed by atoms with E-state index < -0.39 is 0 Å². The van der Waals surface area contributed by atoms with Crippen LogP contribution in [-0.4, -0.2) is 19.9 Å². The molecule has 4 nitrogen and oxygen atoms in total. The molecule has 1 aliphatic rings. The number of aromatic hydroxyl groups is 1. The molecule has 0 aliphatic carbocycles. The van der Waals surface area contributed by atoms with Crippen LogP contribution in [0.2, 0.25) is 0 Å². The zero-order valence-electron chi connectivity index (χ0n) is 10.5. The molecule has 0 spiro atoms. The van der Waals surface area contributed by atoms with Gasteiger partial charge in [-0.25, -0.2) is 9.67 Å². The summed E-state index contributed by atoms with van der Waals surface area (Å²) in [6.07, 6.45) is 2.95. The smallest absolute Gasteiger partial charge is 0.155 e. The third-order valence-electron chi connectivity index (χ3n) is 3.46. The van der Waals surface area contributed by atoms with E-state index in [0.717, 1.165) is 36.6 Å². The highest BCUT2D eigenvalue weighted by molar-refractivity contribution is 5.27. The van der Waals surface area contributed by atoms with Crippen LogP contribution in [0.15, 0.2) is 24.3 Å². The lowest BCUT2D eigenvalue weighted by Gasteiger charge is -2.17. The van der Waals surface area contributed by atoms with Crippen molar-refractivity contribution in [2.24, 2.45) is 5.92 Å². The van der Waals surface area contributed by atoms with Crippen LogP contribution in [0.25, 0.3) is 0 Å². The van der Waals surface area contributed by atoms with E-state index >= 15 is 0 Å². The average Bonchev–Trinajstić information content (AvgIpc) is 2.73. The van der Waals surface area contributed by atoms with Gasteiger partial charge in [-0.1, -0.05) is 19.1 Å². The van der Waals surface area contributed by atoms with Gasteiger partial charge in [0.15, 0.2) is 5.82 Å². The predicted molar refractivity (Wildman–Crippen MR) is 68.4 cm³/mol. The fraction of sp³-hybridized carbons (Fsp3) is 0.429. The molecule has 1 unspecified atom stereocenters.